The van der Waals surface area contributed by atoms with E-state index in [2.05, 4.69) is 22.3 Å². The Balaban J connectivity index is 1.41. The maximum absolute atomic E-state index is 14.0. The number of hydrogen-bond acceptors (Lipinski definition) is 4. The Bertz CT molecular complexity index is 1840. The van der Waals surface area contributed by atoms with E-state index in [-0.39, 0.29) is 11.9 Å². The van der Waals surface area contributed by atoms with Crippen LogP contribution in [0.3, 0.4) is 0 Å². The second kappa shape index (κ2) is 15.0. The molecule has 2 atom stereocenters. The molecule has 5 aromatic carbocycles. The van der Waals surface area contributed by atoms with Gasteiger partial charge in [0, 0.05) is 23.6 Å². The van der Waals surface area contributed by atoms with Crippen molar-refractivity contribution < 1.29 is 23.5 Å². The van der Waals surface area contributed by atoms with E-state index in [9.17, 15) is 23.5 Å². The van der Waals surface area contributed by atoms with Crippen LogP contribution in [0.25, 0.3) is 0 Å². The number of halogens is 2. The van der Waals surface area contributed by atoms with Crippen LogP contribution < -0.4 is 5.32 Å². The molecule has 1 aliphatic heterocycles. The summed E-state index contributed by atoms with van der Waals surface area (Å²) in [6.07, 6.45) is 1.62. The number of para-hydroxylation sites is 1. The van der Waals surface area contributed by atoms with E-state index in [4.69, 9.17) is 4.99 Å². The lowest BCUT2D eigenvalue weighted by Crippen LogP contribution is -2.39. The van der Waals surface area contributed by atoms with Crippen LogP contribution in [-0.4, -0.2) is 46.2 Å². The molecular formula is C40H35F2N3O3. The number of anilines is 1. The van der Waals surface area contributed by atoms with E-state index in [0.717, 1.165) is 24.9 Å². The van der Waals surface area contributed by atoms with Crippen molar-refractivity contribution in [2.45, 2.75) is 37.4 Å². The number of amides is 1. The quantitative estimate of drug-likeness (QED) is 0.145. The maximum Gasteiger partial charge on any atom is 0.329 e. The van der Waals surface area contributed by atoms with Crippen molar-refractivity contribution in [1.29, 1.82) is 0 Å². The van der Waals surface area contributed by atoms with Gasteiger partial charge in [0.05, 0.1) is 17.4 Å². The summed E-state index contributed by atoms with van der Waals surface area (Å²) in [6.45, 7) is 1.46. The molecule has 48 heavy (non-hydrogen) atoms. The van der Waals surface area contributed by atoms with Crippen molar-refractivity contribution >= 4 is 23.3 Å². The van der Waals surface area contributed by atoms with Crippen LogP contribution in [0.4, 0.5) is 14.5 Å². The SMILES string of the molecule is O=C(O)[C@@H](N=C(c1ccccc1)c1ccccc1NC(=O)[C@@H]1CCCN1Cc1ccccc1)C(c1ccc(F)cc1)c1ccc(F)cc1. The molecule has 0 spiro atoms. The second-order valence-corrected chi connectivity index (χ2v) is 11.9. The number of rotatable bonds is 11. The lowest BCUT2D eigenvalue weighted by atomic mass is 9.84. The van der Waals surface area contributed by atoms with Crippen LogP contribution in [0.2, 0.25) is 0 Å². The Labute approximate surface area is 278 Å². The number of carboxylic acids is 1. The van der Waals surface area contributed by atoms with Crippen LogP contribution in [0.5, 0.6) is 0 Å². The van der Waals surface area contributed by atoms with Crippen molar-refractivity contribution in [3.63, 3.8) is 0 Å². The van der Waals surface area contributed by atoms with Gasteiger partial charge in [-0.05, 0) is 66.4 Å². The van der Waals surface area contributed by atoms with Crippen molar-refractivity contribution in [2.24, 2.45) is 4.99 Å². The normalized spacial score (nSPS) is 15.7. The highest BCUT2D eigenvalue weighted by molar-refractivity contribution is 6.17. The Morgan fingerprint density at radius 2 is 1.33 bits per heavy atom. The fourth-order valence-corrected chi connectivity index (χ4v) is 6.35. The molecule has 6 rings (SSSR count). The number of hydrogen-bond donors (Lipinski definition) is 2. The minimum absolute atomic E-state index is 0.145. The average molecular weight is 644 g/mol. The van der Waals surface area contributed by atoms with E-state index in [1.165, 1.54) is 48.5 Å². The van der Waals surface area contributed by atoms with E-state index >= 15 is 0 Å². The molecule has 0 radical (unpaired) electrons. The molecule has 5 aromatic rings. The summed E-state index contributed by atoms with van der Waals surface area (Å²) < 4.78 is 28.0. The van der Waals surface area contributed by atoms with Crippen LogP contribution in [0.15, 0.2) is 138 Å². The summed E-state index contributed by atoms with van der Waals surface area (Å²) in [6, 6.07) is 35.9. The van der Waals surface area contributed by atoms with E-state index in [1.807, 2.05) is 66.7 Å². The number of nitrogens with zero attached hydrogens (tertiary/aromatic N) is 2. The van der Waals surface area contributed by atoms with Gasteiger partial charge in [0.15, 0.2) is 6.04 Å². The summed E-state index contributed by atoms with van der Waals surface area (Å²) >= 11 is 0. The monoisotopic (exact) mass is 643 g/mol. The van der Waals surface area contributed by atoms with Crippen molar-refractivity contribution in [3.8, 4) is 0 Å². The number of aliphatic carboxylic acids is 1. The average Bonchev–Trinajstić information content (AvgIpc) is 3.57. The Morgan fingerprint density at radius 3 is 1.94 bits per heavy atom. The van der Waals surface area contributed by atoms with Crippen molar-refractivity contribution in [3.05, 3.63) is 173 Å². The van der Waals surface area contributed by atoms with Crippen LogP contribution in [-0.2, 0) is 16.1 Å². The van der Waals surface area contributed by atoms with Crippen LogP contribution in [0.1, 0.15) is 46.6 Å². The molecule has 0 bridgehead atoms. The Morgan fingerprint density at radius 1 is 0.771 bits per heavy atom. The Kier molecular flexibility index (Phi) is 10.1. The van der Waals surface area contributed by atoms with Gasteiger partial charge in [-0.2, -0.15) is 0 Å². The van der Waals surface area contributed by atoms with Gasteiger partial charge < -0.3 is 10.4 Å². The lowest BCUT2D eigenvalue weighted by Gasteiger charge is -2.25. The number of likely N-dealkylation sites (tertiary alicyclic amines) is 1. The highest BCUT2D eigenvalue weighted by atomic mass is 19.1. The lowest BCUT2D eigenvalue weighted by molar-refractivity contribution is -0.138. The predicted molar refractivity (Wildman–Crippen MR) is 183 cm³/mol. The molecular weight excluding hydrogens is 608 g/mol. The summed E-state index contributed by atoms with van der Waals surface area (Å²) in [5.41, 5.74) is 4.21. The molecule has 1 fully saturated rings. The fourth-order valence-electron chi connectivity index (χ4n) is 6.35. The third-order valence-corrected chi connectivity index (χ3v) is 8.68. The largest absolute Gasteiger partial charge is 0.480 e. The standard InChI is InChI=1S/C40H35F2N3O3/c41-31-21-17-28(18-22-31)36(29-19-23-32(42)24-20-29)38(40(47)48)44-37(30-12-5-2-6-13-30)33-14-7-8-15-34(33)43-39(46)35-16-9-25-45(35)26-27-10-3-1-4-11-27/h1-8,10-15,17-24,35-36,38H,9,16,25-26H2,(H,43,46)(H,47,48)/t35-,38-/m0/s1. The van der Waals surface area contributed by atoms with Crippen molar-refractivity contribution in [2.75, 3.05) is 11.9 Å². The molecule has 1 heterocycles. The third-order valence-electron chi connectivity index (χ3n) is 8.68. The number of carboxylic acid groups (broad SMARTS) is 1. The number of nitrogens with one attached hydrogen (secondary N) is 1. The van der Waals surface area contributed by atoms with Gasteiger partial charge >= 0.3 is 5.97 Å². The zero-order chi connectivity index (χ0) is 33.5. The summed E-state index contributed by atoms with van der Waals surface area (Å²) in [7, 11) is 0. The predicted octanol–water partition coefficient (Wildman–Crippen LogP) is 7.69. The number of benzene rings is 5. The molecule has 1 amide bonds. The third kappa shape index (κ3) is 7.56. The van der Waals surface area contributed by atoms with Gasteiger partial charge in [-0.1, -0.05) is 103 Å². The minimum Gasteiger partial charge on any atom is -0.480 e. The summed E-state index contributed by atoms with van der Waals surface area (Å²) in [5.74, 6) is -3.17. The zero-order valence-corrected chi connectivity index (χ0v) is 26.2. The van der Waals surface area contributed by atoms with E-state index in [0.29, 0.717) is 40.2 Å². The number of aliphatic imine (C=N–C) groups is 1. The van der Waals surface area contributed by atoms with Gasteiger partial charge in [0.25, 0.3) is 0 Å². The Hall–Kier alpha value is -5.47. The molecule has 0 aliphatic carbocycles. The van der Waals surface area contributed by atoms with Crippen LogP contribution >= 0.6 is 0 Å². The molecule has 6 nitrogen and oxygen atoms in total. The highest BCUT2D eigenvalue weighted by Crippen LogP contribution is 2.33. The first-order chi connectivity index (χ1) is 23.4. The van der Waals surface area contributed by atoms with Gasteiger partial charge in [-0.3, -0.25) is 14.7 Å². The fraction of sp³-hybridized carbons (Fsp3) is 0.175. The number of carbonyl (C=O) groups is 2. The van der Waals surface area contributed by atoms with E-state index < -0.39 is 29.6 Å². The first-order valence-electron chi connectivity index (χ1n) is 15.9. The molecule has 1 aliphatic rings. The maximum atomic E-state index is 14.0. The van der Waals surface area contributed by atoms with Gasteiger partial charge in [-0.15, -0.1) is 0 Å². The molecule has 0 unspecified atom stereocenters. The molecule has 0 aromatic heterocycles. The summed E-state index contributed by atoms with van der Waals surface area (Å²) in [5, 5.41) is 13.8. The second-order valence-electron chi connectivity index (χ2n) is 11.9. The minimum atomic E-state index is -1.39. The molecule has 1 saturated heterocycles. The first-order valence-corrected chi connectivity index (χ1v) is 15.9. The molecule has 8 heteroatoms. The van der Waals surface area contributed by atoms with Crippen molar-refractivity contribution in [1.82, 2.24) is 4.90 Å². The highest BCUT2D eigenvalue weighted by Gasteiger charge is 2.33. The van der Waals surface area contributed by atoms with Gasteiger partial charge in [0.2, 0.25) is 5.91 Å². The topological polar surface area (TPSA) is 82.0 Å². The molecule has 2 N–H and O–H groups in total. The van der Waals surface area contributed by atoms with Gasteiger partial charge in [-0.25, -0.2) is 13.6 Å². The molecule has 242 valence electrons. The summed E-state index contributed by atoms with van der Waals surface area (Å²) in [4.78, 5) is 34.0. The zero-order valence-electron chi connectivity index (χ0n) is 26.2. The van der Waals surface area contributed by atoms with Crippen LogP contribution in [0, 0.1) is 11.6 Å². The van der Waals surface area contributed by atoms with Gasteiger partial charge in [0.1, 0.15) is 11.6 Å². The smallest absolute Gasteiger partial charge is 0.329 e. The first kappa shape index (κ1) is 32.5. The number of carbonyl (C=O) groups excluding carboxylic acids is 1. The van der Waals surface area contributed by atoms with E-state index in [1.54, 1.807) is 6.07 Å². The molecule has 0 saturated carbocycles.